The number of nitrogens with one attached hydrogen (secondary N) is 1. The van der Waals surface area contributed by atoms with Crippen molar-refractivity contribution in [2.45, 2.75) is 40.7 Å². The maximum Gasteiger partial charge on any atom is 0.246 e. The number of rotatable bonds is 8. The van der Waals surface area contributed by atoms with E-state index < -0.39 is 0 Å². The van der Waals surface area contributed by atoms with Gasteiger partial charge in [-0.3, -0.25) is 19.2 Å². The smallest absolute Gasteiger partial charge is 0.246 e. The molecule has 0 aliphatic carbocycles. The number of carbonyl (C=O) groups is 2. The molecule has 33 heavy (non-hydrogen) atoms. The first-order valence-electron chi connectivity index (χ1n) is 11.6. The van der Waals surface area contributed by atoms with Crippen molar-refractivity contribution in [1.29, 1.82) is 0 Å². The van der Waals surface area contributed by atoms with Crippen LogP contribution in [0.2, 0.25) is 5.15 Å². The Kier molecular flexibility index (Phi) is 8.69. The molecule has 8 heteroatoms. The lowest BCUT2D eigenvalue weighted by atomic mass is 10.1. The molecule has 0 saturated carbocycles. The zero-order valence-corrected chi connectivity index (χ0v) is 20.7. The van der Waals surface area contributed by atoms with Crippen molar-refractivity contribution in [1.82, 2.24) is 19.6 Å². The van der Waals surface area contributed by atoms with E-state index in [4.69, 9.17) is 11.6 Å². The Labute approximate surface area is 201 Å². The number of aromatic nitrogens is 2. The Morgan fingerprint density at radius 1 is 1.18 bits per heavy atom. The summed E-state index contributed by atoms with van der Waals surface area (Å²) in [4.78, 5) is 29.1. The van der Waals surface area contributed by atoms with Crippen LogP contribution in [-0.4, -0.2) is 64.1 Å². The molecule has 1 aromatic carbocycles. The quantitative estimate of drug-likeness (QED) is 0.593. The highest BCUT2D eigenvalue weighted by atomic mass is 35.5. The third-order valence-electron chi connectivity index (χ3n) is 5.76. The van der Waals surface area contributed by atoms with Gasteiger partial charge in [-0.25, -0.2) is 0 Å². The molecule has 2 amide bonds. The number of hydrogen-bond acceptors (Lipinski definition) is 4. The molecular weight excluding hydrogens is 438 g/mol. The maximum absolute atomic E-state index is 12.7. The van der Waals surface area contributed by atoms with E-state index in [9.17, 15) is 9.59 Å². The number of hydrogen-bond donors (Lipinski definition) is 1. The fraction of sp³-hybridized carbons (Fsp3) is 0.480. The van der Waals surface area contributed by atoms with Gasteiger partial charge < -0.3 is 10.2 Å². The highest BCUT2D eigenvalue weighted by Gasteiger charge is 2.22. The molecule has 3 rings (SSSR count). The van der Waals surface area contributed by atoms with E-state index >= 15 is 0 Å². The van der Waals surface area contributed by atoms with Crippen molar-refractivity contribution in [2.24, 2.45) is 5.92 Å². The predicted octanol–water partition coefficient (Wildman–Crippen LogP) is 3.86. The van der Waals surface area contributed by atoms with Crippen LogP contribution in [0.3, 0.4) is 0 Å². The maximum atomic E-state index is 12.7. The molecule has 0 spiro atoms. The molecule has 1 saturated heterocycles. The van der Waals surface area contributed by atoms with Gasteiger partial charge in [0.05, 0.1) is 12.2 Å². The van der Waals surface area contributed by atoms with E-state index in [1.54, 1.807) is 21.7 Å². The second-order valence-corrected chi connectivity index (χ2v) is 9.22. The molecule has 0 bridgehead atoms. The van der Waals surface area contributed by atoms with Crippen LogP contribution >= 0.6 is 11.6 Å². The number of benzene rings is 1. The SMILES string of the molecule is CCc1ccccc1NC(=O)CN1CCN(C(=O)/C=C/c2c(C)nn(CC(C)C)c2Cl)CC1. The van der Waals surface area contributed by atoms with Crippen molar-refractivity contribution in [3.8, 4) is 0 Å². The van der Waals surface area contributed by atoms with Crippen molar-refractivity contribution < 1.29 is 9.59 Å². The fourth-order valence-electron chi connectivity index (χ4n) is 3.95. The van der Waals surface area contributed by atoms with E-state index in [0.29, 0.717) is 43.8 Å². The van der Waals surface area contributed by atoms with Gasteiger partial charge in [0, 0.05) is 50.1 Å². The molecule has 1 fully saturated rings. The number of carbonyl (C=O) groups excluding carboxylic acids is 2. The number of para-hydroxylation sites is 1. The Balaban J connectivity index is 1.50. The molecule has 0 atom stereocenters. The largest absolute Gasteiger partial charge is 0.337 e. The minimum absolute atomic E-state index is 0.0286. The Hall–Kier alpha value is -2.64. The average molecular weight is 472 g/mol. The van der Waals surface area contributed by atoms with Gasteiger partial charge in [0.15, 0.2) is 0 Å². The number of amides is 2. The van der Waals surface area contributed by atoms with E-state index in [1.807, 2.05) is 31.2 Å². The van der Waals surface area contributed by atoms with Crippen molar-refractivity contribution in [3.05, 3.63) is 52.3 Å². The summed E-state index contributed by atoms with van der Waals surface area (Å²) in [5, 5.41) is 8.06. The number of halogens is 1. The first-order chi connectivity index (χ1) is 15.8. The summed E-state index contributed by atoms with van der Waals surface area (Å²) in [6, 6.07) is 7.86. The van der Waals surface area contributed by atoms with Crippen molar-refractivity contribution in [3.63, 3.8) is 0 Å². The van der Waals surface area contributed by atoms with Gasteiger partial charge in [0.2, 0.25) is 11.8 Å². The van der Waals surface area contributed by atoms with Crippen molar-refractivity contribution in [2.75, 3.05) is 38.0 Å². The molecule has 0 radical (unpaired) electrons. The molecule has 1 aromatic heterocycles. The second-order valence-electron chi connectivity index (χ2n) is 8.86. The Morgan fingerprint density at radius 3 is 2.55 bits per heavy atom. The van der Waals surface area contributed by atoms with Crippen LogP contribution in [0, 0.1) is 12.8 Å². The lowest BCUT2D eigenvalue weighted by Crippen LogP contribution is -2.50. The molecule has 1 N–H and O–H groups in total. The molecule has 0 unspecified atom stereocenters. The lowest BCUT2D eigenvalue weighted by molar-refractivity contribution is -0.127. The van der Waals surface area contributed by atoms with Crippen LogP contribution in [0.15, 0.2) is 30.3 Å². The van der Waals surface area contributed by atoms with Crippen LogP contribution in [0.25, 0.3) is 6.08 Å². The predicted molar refractivity (Wildman–Crippen MR) is 133 cm³/mol. The first-order valence-corrected chi connectivity index (χ1v) is 12.0. The monoisotopic (exact) mass is 471 g/mol. The number of aryl methyl sites for hydroxylation is 2. The van der Waals surface area contributed by atoms with E-state index in [1.165, 1.54) is 0 Å². The molecule has 2 aromatic rings. The molecule has 2 heterocycles. The fourth-order valence-corrected chi connectivity index (χ4v) is 4.26. The average Bonchev–Trinajstić information content (AvgIpc) is 3.04. The summed E-state index contributed by atoms with van der Waals surface area (Å²) in [5.41, 5.74) is 3.59. The summed E-state index contributed by atoms with van der Waals surface area (Å²) in [6.45, 7) is 11.7. The van der Waals surface area contributed by atoms with Crippen LogP contribution in [0.1, 0.15) is 37.6 Å². The van der Waals surface area contributed by atoms with Crippen LogP contribution in [-0.2, 0) is 22.6 Å². The molecule has 1 aliphatic rings. The zero-order valence-electron chi connectivity index (χ0n) is 20.0. The first kappa shape index (κ1) is 25.0. The van der Waals surface area contributed by atoms with Gasteiger partial charge in [-0.05, 0) is 37.0 Å². The summed E-state index contributed by atoms with van der Waals surface area (Å²) in [5.74, 6) is 0.349. The minimum atomic E-state index is -0.0527. The van der Waals surface area contributed by atoms with E-state index in [2.05, 4.69) is 36.1 Å². The standard InChI is InChI=1S/C25H34ClN5O2/c1-5-20-8-6-7-9-22(20)27-23(32)17-29-12-14-30(15-13-29)24(33)11-10-21-19(4)28-31(25(21)26)16-18(2)3/h6-11,18H,5,12-17H2,1-4H3,(H,27,32)/b11-10+. The van der Waals surface area contributed by atoms with Gasteiger partial charge in [-0.1, -0.05) is 50.6 Å². The molecular formula is C25H34ClN5O2. The number of nitrogens with zero attached hydrogens (tertiary/aromatic N) is 4. The lowest BCUT2D eigenvalue weighted by Gasteiger charge is -2.33. The zero-order chi connectivity index (χ0) is 24.0. The second kappa shape index (κ2) is 11.5. The Bertz CT molecular complexity index is 1010. The van der Waals surface area contributed by atoms with Crippen LogP contribution in [0.4, 0.5) is 5.69 Å². The topological polar surface area (TPSA) is 70.5 Å². The third kappa shape index (κ3) is 6.68. The highest BCUT2D eigenvalue weighted by Crippen LogP contribution is 2.22. The van der Waals surface area contributed by atoms with Crippen LogP contribution in [0.5, 0.6) is 0 Å². The number of piperazine rings is 1. The van der Waals surface area contributed by atoms with E-state index in [-0.39, 0.29) is 11.8 Å². The van der Waals surface area contributed by atoms with Gasteiger partial charge in [-0.2, -0.15) is 5.10 Å². The molecule has 178 valence electrons. The highest BCUT2D eigenvalue weighted by molar-refractivity contribution is 6.31. The van der Waals surface area contributed by atoms with Crippen molar-refractivity contribution >= 4 is 35.2 Å². The van der Waals surface area contributed by atoms with Gasteiger partial charge in [0.1, 0.15) is 5.15 Å². The molecule has 7 nitrogen and oxygen atoms in total. The normalized spacial score (nSPS) is 14.9. The van der Waals surface area contributed by atoms with Gasteiger partial charge >= 0.3 is 0 Å². The van der Waals surface area contributed by atoms with E-state index in [0.717, 1.165) is 35.5 Å². The third-order valence-corrected chi connectivity index (χ3v) is 6.16. The number of anilines is 1. The Morgan fingerprint density at radius 2 is 1.88 bits per heavy atom. The summed E-state index contributed by atoms with van der Waals surface area (Å²) >= 11 is 6.47. The van der Waals surface area contributed by atoms with Gasteiger partial charge in [0.25, 0.3) is 0 Å². The van der Waals surface area contributed by atoms with Crippen LogP contribution < -0.4 is 5.32 Å². The summed E-state index contributed by atoms with van der Waals surface area (Å²) in [6.07, 6.45) is 4.20. The summed E-state index contributed by atoms with van der Waals surface area (Å²) < 4.78 is 1.79. The minimum Gasteiger partial charge on any atom is -0.337 e. The molecule has 1 aliphatic heterocycles. The van der Waals surface area contributed by atoms with Gasteiger partial charge in [-0.15, -0.1) is 0 Å². The summed E-state index contributed by atoms with van der Waals surface area (Å²) in [7, 11) is 0.